The fraction of sp³-hybridized carbons (Fsp3) is 0.786. The zero-order valence-corrected chi connectivity index (χ0v) is 10.4. The van der Waals surface area contributed by atoms with Crippen molar-refractivity contribution in [3.8, 4) is 0 Å². The molecule has 4 bridgehead atoms. The minimum Gasteiger partial charge on any atom is -0.372 e. The Hall–Kier alpha value is -0.670. The molecular formula is C14H18O3. The summed E-state index contributed by atoms with van der Waals surface area (Å²) in [5.74, 6) is 0.628. The Kier molecular flexibility index (Phi) is 1.71. The van der Waals surface area contributed by atoms with Crippen LogP contribution in [0.5, 0.6) is 0 Å². The monoisotopic (exact) mass is 234 g/mol. The number of rotatable bonds is 0. The van der Waals surface area contributed by atoms with E-state index in [0.717, 1.165) is 12.8 Å². The van der Waals surface area contributed by atoms with E-state index in [1.54, 1.807) is 0 Å². The van der Waals surface area contributed by atoms with E-state index in [9.17, 15) is 4.79 Å². The van der Waals surface area contributed by atoms with E-state index in [1.807, 2.05) is 6.08 Å². The van der Waals surface area contributed by atoms with E-state index in [-0.39, 0.29) is 29.0 Å². The summed E-state index contributed by atoms with van der Waals surface area (Å²) in [6, 6.07) is 0. The Labute approximate surface area is 101 Å². The van der Waals surface area contributed by atoms with E-state index >= 15 is 0 Å². The highest BCUT2D eigenvalue weighted by Crippen LogP contribution is 2.62. The van der Waals surface area contributed by atoms with Crippen LogP contribution < -0.4 is 0 Å². The number of carbonyl (C=O) groups excluding carboxylic acids is 1. The van der Waals surface area contributed by atoms with Gasteiger partial charge in [0, 0.05) is 17.8 Å². The molecule has 0 amide bonds. The molecule has 2 aliphatic carbocycles. The molecule has 3 saturated heterocycles. The Morgan fingerprint density at radius 2 is 2.24 bits per heavy atom. The normalized spacial score (nSPS) is 55.8. The molecule has 1 unspecified atom stereocenters. The van der Waals surface area contributed by atoms with Gasteiger partial charge in [0.05, 0.1) is 24.4 Å². The van der Waals surface area contributed by atoms with Crippen LogP contribution in [-0.2, 0) is 14.3 Å². The highest BCUT2D eigenvalue weighted by atomic mass is 16.6. The molecule has 0 aromatic rings. The Balaban J connectivity index is 1.94. The molecule has 1 saturated carbocycles. The maximum atomic E-state index is 11.9. The van der Waals surface area contributed by atoms with Gasteiger partial charge >= 0.3 is 0 Å². The van der Waals surface area contributed by atoms with E-state index in [0.29, 0.717) is 18.9 Å². The van der Waals surface area contributed by atoms with Crippen LogP contribution in [0.2, 0.25) is 0 Å². The van der Waals surface area contributed by atoms with Crippen LogP contribution in [0, 0.1) is 11.3 Å². The summed E-state index contributed by atoms with van der Waals surface area (Å²) in [6.07, 6.45) is 5.01. The van der Waals surface area contributed by atoms with Gasteiger partial charge in [-0.05, 0) is 31.4 Å². The third-order valence-electron chi connectivity index (χ3n) is 5.50. The van der Waals surface area contributed by atoms with Gasteiger partial charge in [-0.3, -0.25) is 4.79 Å². The second kappa shape index (κ2) is 2.83. The predicted octanol–water partition coefficient (Wildman–Crippen LogP) is 1.86. The second-order valence-electron chi connectivity index (χ2n) is 6.39. The maximum Gasteiger partial charge on any atom is 0.156 e. The number of ether oxygens (including phenoxy) is 2. The van der Waals surface area contributed by atoms with E-state index in [2.05, 4.69) is 13.8 Å². The molecule has 0 radical (unpaired) electrons. The highest BCUT2D eigenvalue weighted by Gasteiger charge is 2.63. The Bertz CT molecular complexity index is 441. The fourth-order valence-corrected chi connectivity index (χ4v) is 4.54. The third-order valence-corrected chi connectivity index (χ3v) is 5.50. The van der Waals surface area contributed by atoms with Crippen LogP contribution in [-0.4, -0.2) is 30.2 Å². The first kappa shape index (κ1) is 10.3. The van der Waals surface area contributed by atoms with Crippen molar-refractivity contribution < 1.29 is 14.3 Å². The van der Waals surface area contributed by atoms with Gasteiger partial charge in [0.15, 0.2) is 5.78 Å². The van der Waals surface area contributed by atoms with Crippen molar-refractivity contribution in [3.63, 3.8) is 0 Å². The molecule has 0 N–H and O–H groups in total. The lowest BCUT2D eigenvalue weighted by Crippen LogP contribution is -2.55. The van der Waals surface area contributed by atoms with Gasteiger partial charge in [0.2, 0.25) is 0 Å². The molecule has 3 nitrogen and oxygen atoms in total. The van der Waals surface area contributed by atoms with E-state index in [4.69, 9.17) is 9.47 Å². The number of allylic oxidation sites excluding steroid dienone is 1. The number of hydrogen-bond acceptors (Lipinski definition) is 3. The summed E-state index contributed by atoms with van der Waals surface area (Å²) in [5, 5.41) is 0. The molecule has 1 spiro atoms. The van der Waals surface area contributed by atoms with Gasteiger partial charge in [-0.2, -0.15) is 0 Å². The average Bonchev–Trinajstić information content (AvgIpc) is 2.53. The third kappa shape index (κ3) is 1.08. The van der Waals surface area contributed by atoms with Gasteiger partial charge in [-0.25, -0.2) is 0 Å². The van der Waals surface area contributed by atoms with Crippen LogP contribution in [0.4, 0.5) is 0 Å². The van der Waals surface area contributed by atoms with Gasteiger partial charge in [0.1, 0.15) is 0 Å². The SMILES string of the molecule is C[C@H]1[C@@H]2C[C@]34CC(=O)C=C3[C@@]1(C)OCC(C4)O2. The minimum absolute atomic E-state index is 0.0719. The Morgan fingerprint density at radius 3 is 3.06 bits per heavy atom. The van der Waals surface area contributed by atoms with Crippen molar-refractivity contribution in [2.24, 2.45) is 11.3 Å². The lowest BCUT2D eigenvalue weighted by Gasteiger charge is -2.53. The van der Waals surface area contributed by atoms with Crippen molar-refractivity contribution in [1.82, 2.24) is 0 Å². The maximum absolute atomic E-state index is 11.9. The first-order valence-corrected chi connectivity index (χ1v) is 6.58. The smallest absolute Gasteiger partial charge is 0.156 e. The van der Waals surface area contributed by atoms with Gasteiger partial charge in [0.25, 0.3) is 0 Å². The van der Waals surface area contributed by atoms with Crippen molar-refractivity contribution in [3.05, 3.63) is 11.6 Å². The molecule has 4 fully saturated rings. The van der Waals surface area contributed by atoms with Crippen molar-refractivity contribution in [2.75, 3.05) is 6.61 Å². The number of hydrogen-bond donors (Lipinski definition) is 0. The fourth-order valence-electron chi connectivity index (χ4n) is 4.54. The molecule has 5 atom stereocenters. The van der Waals surface area contributed by atoms with Crippen molar-refractivity contribution in [2.45, 2.75) is 50.9 Å². The van der Waals surface area contributed by atoms with Crippen LogP contribution in [0.3, 0.4) is 0 Å². The van der Waals surface area contributed by atoms with Crippen molar-refractivity contribution >= 4 is 5.78 Å². The molecule has 5 aliphatic rings. The molecule has 92 valence electrons. The van der Waals surface area contributed by atoms with Crippen molar-refractivity contribution in [1.29, 1.82) is 0 Å². The van der Waals surface area contributed by atoms with Gasteiger partial charge in [-0.1, -0.05) is 6.92 Å². The molecule has 3 heteroatoms. The summed E-state index contributed by atoms with van der Waals surface area (Å²) >= 11 is 0. The number of fused-ring (bicyclic) bond motifs is 1. The summed E-state index contributed by atoms with van der Waals surface area (Å²) < 4.78 is 12.2. The first-order valence-electron chi connectivity index (χ1n) is 6.58. The zero-order valence-electron chi connectivity index (χ0n) is 10.4. The first-order chi connectivity index (χ1) is 8.03. The van der Waals surface area contributed by atoms with Crippen LogP contribution in [0.15, 0.2) is 11.6 Å². The molecule has 3 heterocycles. The molecule has 17 heavy (non-hydrogen) atoms. The largest absolute Gasteiger partial charge is 0.372 e. The molecule has 3 aliphatic heterocycles. The average molecular weight is 234 g/mol. The predicted molar refractivity (Wildman–Crippen MR) is 61.6 cm³/mol. The summed E-state index contributed by atoms with van der Waals surface area (Å²) in [6.45, 7) is 5.04. The van der Waals surface area contributed by atoms with Gasteiger partial charge in [-0.15, -0.1) is 0 Å². The molecule has 5 rings (SSSR count). The summed E-state index contributed by atoms with van der Waals surface area (Å²) in [5.41, 5.74) is 1.06. The molecule has 0 aromatic carbocycles. The lowest BCUT2D eigenvalue weighted by atomic mass is 9.57. The van der Waals surface area contributed by atoms with Crippen LogP contribution in [0.1, 0.15) is 33.1 Å². The van der Waals surface area contributed by atoms with E-state index in [1.165, 1.54) is 5.57 Å². The topological polar surface area (TPSA) is 35.5 Å². The quantitative estimate of drug-likeness (QED) is 0.641. The van der Waals surface area contributed by atoms with Crippen LogP contribution in [0.25, 0.3) is 0 Å². The zero-order chi connectivity index (χ0) is 11.8. The van der Waals surface area contributed by atoms with Gasteiger partial charge < -0.3 is 9.47 Å². The highest BCUT2D eigenvalue weighted by molar-refractivity contribution is 5.95. The van der Waals surface area contributed by atoms with E-state index < -0.39 is 0 Å². The standard InChI is InChI=1S/C14H18O3/c1-8-11-6-14-4-9(15)3-12(14)13(8,2)16-7-10(5-14)17-11/h3,8,10-11H,4-7H2,1-2H3/t8-,10?,11-,13-,14+/m0/s1. The molecule has 0 aromatic heterocycles. The lowest BCUT2D eigenvalue weighted by molar-refractivity contribution is -0.133. The number of carbonyl (C=O) groups is 1. The van der Waals surface area contributed by atoms with Crippen LogP contribution >= 0.6 is 0 Å². The summed E-state index contributed by atoms with van der Waals surface area (Å²) in [7, 11) is 0. The number of ketones is 1. The second-order valence-corrected chi connectivity index (χ2v) is 6.39. The Morgan fingerprint density at radius 1 is 1.41 bits per heavy atom. The minimum atomic E-state index is -0.277. The molecular weight excluding hydrogens is 216 g/mol. The summed E-state index contributed by atoms with van der Waals surface area (Å²) in [4.78, 5) is 11.9.